The molecule has 2 aromatic rings. The van der Waals surface area contributed by atoms with Crippen LogP contribution < -0.4 is 20.1 Å². The van der Waals surface area contributed by atoms with Crippen LogP contribution in [0, 0.1) is 0 Å². The minimum Gasteiger partial charge on any atom is -0.506 e. The molecule has 0 bridgehead atoms. The smallest absolute Gasteiger partial charge is 0.229 e. The van der Waals surface area contributed by atoms with Gasteiger partial charge in [-0.3, -0.25) is 9.44 Å². The Labute approximate surface area is 234 Å². The van der Waals surface area contributed by atoms with Crippen molar-refractivity contribution in [2.45, 2.75) is 24.9 Å². The number of carbonyl (C=O) groups excluding carboxylic acids is 2. The molecule has 0 spiro atoms. The number of phenols is 2. The predicted octanol–water partition coefficient (Wildman–Crippen LogP) is 1.82. The van der Waals surface area contributed by atoms with Crippen LogP contribution in [0.5, 0.6) is 11.5 Å². The summed E-state index contributed by atoms with van der Waals surface area (Å²) >= 11 is 0. The van der Waals surface area contributed by atoms with Gasteiger partial charge >= 0.3 is 0 Å². The number of rotatable bonds is 15. The lowest BCUT2D eigenvalue weighted by molar-refractivity contribution is -0.110. The highest BCUT2D eigenvalue weighted by atomic mass is 35.5. The minimum absolute atomic E-state index is 0. The van der Waals surface area contributed by atoms with Crippen molar-refractivity contribution in [3.05, 3.63) is 47.5 Å². The number of aromatic hydroxyl groups is 2. The fraction of sp³-hybridized carbons (Fsp3) is 0.364. The van der Waals surface area contributed by atoms with Gasteiger partial charge in [-0.25, -0.2) is 16.8 Å². The Morgan fingerprint density at radius 3 is 1.34 bits per heavy atom. The third kappa shape index (κ3) is 11.8. The summed E-state index contributed by atoms with van der Waals surface area (Å²) in [6.45, 7) is 0.877. The summed E-state index contributed by atoms with van der Waals surface area (Å²) in [4.78, 5) is 23.1. The summed E-state index contributed by atoms with van der Waals surface area (Å²) < 4.78 is 50.2. The van der Waals surface area contributed by atoms with E-state index in [0.29, 0.717) is 49.6 Å². The minimum atomic E-state index is -3.61. The molecule has 0 saturated carbocycles. The van der Waals surface area contributed by atoms with Gasteiger partial charge in [-0.05, 0) is 61.3 Å². The van der Waals surface area contributed by atoms with E-state index < -0.39 is 32.1 Å². The van der Waals surface area contributed by atoms with Gasteiger partial charge in [0.25, 0.3) is 0 Å². The monoisotopic (exact) mass is 614 g/mol. The molecule has 12 nitrogen and oxygen atoms in total. The molecule has 0 amide bonds. The van der Waals surface area contributed by atoms with Gasteiger partial charge in [-0.2, -0.15) is 0 Å². The summed E-state index contributed by atoms with van der Waals surface area (Å²) in [5, 5.41) is 25.8. The zero-order valence-electron chi connectivity index (χ0n) is 20.6. The second-order valence-corrected chi connectivity index (χ2v) is 11.6. The van der Waals surface area contributed by atoms with Crippen molar-refractivity contribution in [2.24, 2.45) is 0 Å². The van der Waals surface area contributed by atoms with E-state index in [0.717, 1.165) is 12.5 Å². The SMILES string of the molecule is CS(=O)(=O)Nc1cc(C(C=O)NCCCCNC(C=O)c2ccc(O)c(NS(C)(=O)=O)c2)ccc1O.Cl.Cl. The number of unbranched alkanes of at least 4 members (excludes halogenated alkanes) is 1. The topological polar surface area (TPSA) is 191 Å². The number of hydrogen-bond donors (Lipinski definition) is 6. The first-order valence-electron chi connectivity index (χ1n) is 10.8. The highest BCUT2D eigenvalue weighted by Gasteiger charge is 2.16. The second-order valence-electron chi connectivity index (χ2n) is 8.14. The normalized spacial score (nSPS) is 12.8. The molecule has 2 aromatic carbocycles. The molecule has 0 saturated heterocycles. The lowest BCUT2D eigenvalue weighted by atomic mass is 10.1. The van der Waals surface area contributed by atoms with E-state index >= 15 is 0 Å². The van der Waals surface area contributed by atoms with Gasteiger partial charge in [0.15, 0.2) is 0 Å². The quantitative estimate of drug-likeness (QED) is 0.0979. The Morgan fingerprint density at radius 1 is 0.711 bits per heavy atom. The molecular formula is C22H32Cl2N4O8S2. The van der Waals surface area contributed by atoms with Gasteiger partial charge in [-0.15, -0.1) is 24.8 Å². The summed E-state index contributed by atoms with van der Waals surface area (Å²) in [5.74, 6) is -0.532. The van der Waals surface area contributed by atoms with Crippen LogP contribution in [0.1, 0.15) is 36.1 Å². The average Bonchev–Trinajstić information content (AvgIpc) is 2.77. The zero-order chi connectivity index (χ0) is 26.9. The molecule has 0 radical (unpaired) electrons. The molecule has 0 heterocycles. The maximum Gasteiger partial charge on any atom is 0.229 e. The van der Waals surface area contributed by atoms with E-state index in [2.05, 4.69) is 20.1 Å². The third-order valence-corrected chi connectivity index (χ3v) is 6.14. The zero-order valence-corrected chi connectivity index (χ0v) is 23.8. The van der Waals surface area contributed by atoms with Crippen LogP contribution in [0.3, 0.4) is 0 Å². The summed E-state index contributed by atoms with van der Waals surface area (Å²) in [6, 6.07) is 6.92. The van der Waals surface area contributed by atoms with E-state index in [-0.39, 0.29) is 47.7 Å². The fourth-order valence-electron chi connectivity index (χ4n) is 3.31. The average molecular weight is 616 g/mol. The summed E-state index contributed by atoms with van der Waals surface area (Å²) in [6.07, 6.45) is 4.50. The Kier molecular flexibility index (Phi) is 14.6. The van der Waals surface area contributed by atoms with Crippen molar-refractivity contribution < 1.29 is 36.6 Å². The van der Waals surface area contributed by atoms with Gasteiger partial charge in [-0.1, -0.05) is 12.1 Å². The first-order valence-corrected chi connectivity index (χ1v) is 14.6. The molecule has 214 valence electrons. The van der Waals surface area contributed by atoms with E-state index in [1.807, 2.05) is 0 Å². The molecule has 0 aromatic heterocycles. The number of carbonyl (C=O) groups is 2. The second kappa shape index (κ2) is 15.7. The number of aldehydes is 2. The molecule has 2 rings (SSSR count). The number of anilines is 2. The number of halogens is 2. The van der Waals surface area contributed by atoms with Crippen LogP contribution in [0.4, 0.5) is 11.4 Å². The maximum atomic E-state index is 11.6. The molecule has 2 atom stereocenters. The Morgan fingerprint density at radius 2 is 1.05 bits per heavy atom. The van der Waals surface area contributed by atoms with Crippen molar-refractivity contribution in [3.63, 3.8) is 0 Å². The summed E-state index contributed by atoms with van der Waals surface area (Å²) in [7, 11) is -7.22. The highest BCUT2D eigenvalue weighted by molar-refractivity contribution is 7.92. The predicted molar refractivity (Wildman–Crippen MR) is 150 cm³/mol. The van der Waals surface area contributed by atoms with Crippen LogP contribution in [0.15, 0.2) is 36.4 Å². The largest absolute Gasteiger partial charge is 0.506 e. The molecule has 0 aliphatic heterocycles. The Hall–Kier alpha value is -2.62. The molecule has 6 N–H and O–H groups in total. The fourth-order valence-corrected chi connectivity index (χ4v) is 4.44. The van der Waals surface area contributed by atoms with Gasteiger partial charge in [0.1, 0.15) is 24.1 Å². The standard InChI is InChI=1S/C22H30N4O8S2.2ClH/c1-35(31,32)25-17-11-15(5-7-21(17)29)19(13-27)23-9-3-4-10-24-20(14-28)16-6-8-22(30)18(12-16)26-36(2,33)34;;/h5-8,11-14,19-20,23-26,29-30H,3-4,9-10H2,1-2H3;2*1H. The van der Waals surface area contributed by atoms with Gasteiger partial charge in [0, 0.05) is 0 Å². The van der Waals surface area contributed by atoms with E-state index in [9.17, 15) is 36.6 Å². The number of sulfonamides is 2. The van der Waals surface area contributed by atoms with Crippen LogP contribution in [-0.2, 0) is 29.6 Å². The van der Waals surface area contributed by atoms with Gasteiger partial charge < -0.3 is 30.4 Å². The molecular weight excluding hydrogens is 583 g/mol. The molecule has 0 fully saturated rings. The van der Waals surface area contributed by atoms with Crippen LogP contribution in [-0.4, -0.2) is 65.2 Å². The van der Waals surface area contributed by atoms with Gasteiger partial charge in [0.05, 0.1) is 36.0 Å². The lowest BCUT2D eigenvalue weighted by Crippen LogP contribution is -2.26. The van der Waals surface area contributed by atoms with E-state index in [1.54, 1.807) is 0 Å². The van der Waals surface area contributed by atoms with Crippen molar-refractivity contribution in [1.82, 2.24) is 10.6 Å². The molecule has 2 unspecified atom stereocenters. The number of phenolic OH excluding ortho intramolecular Hbond substituents is 2. The first kappa shape index (κ1) is 35.4. The van der Waals surface area contributed by atoms with Gasteiger partial charge in [0.2, 0.25) is 20.0 Å². The van der Waals surface area contributed by atoms with Crippen molar-refractivity contribution in [1.29, 1.82) is 0 Å². The Bertz CT molecular complexity index is 1190. The molecule has 16 heteroatoms. The maximum absolute atomic E-state index is 11.6. The van der Waals surface area contributed by atoms with Crippen molar-refractivity contribution in [3.8, 4) is 11.5 Å². The number of hydrogen-bond acceptors (Lipinski definition) is 10. The highest BCUT2D eigenvalue weighted by Crippen LogP contribution is 2.28. The summed E-state index contributed by atoms with van der Waals surface area (Å²) in [5.41, 5.74) is 0.881. The molecule has 0 aliphatic rings. The molecule has 0 aliphatic carbocycles. The van der Waals surface area contributed by atoms with E-state index in [1.165, 1.54) is 36.4 Å². The van der Waals surface area contributed by atoms with E-state index in [4.69, 9.17) is 0 Å². The number of benzene rings is 2. The first-order chi connectivity index (χ1) is 16.8. The van der Waals surface area contributed by atoms with Crippen molar-refractivity contribution in [2.75, 3.05) is 35.0 Å². The third-order valence-electron chi connectivity index (χ3n) is 4.95. The Balaban J connectivity index is 0.00000684. The van der Waals surface area contributed by atoms with Crippen LogP contribution in [0.2, 0.25) is 0 Å². The van der Waals surface area contributed by atoms with Crippen LogP contribution in [0.25, 0.3) is 0 Å². The van der Waals surface area contributed by atoms with Crippen LogP contribution >= 0.6 is 24.8 Å². The molecule has 38 heavy (non-hydrogen) atoms. The lowest BCUT2D eigenvalue weighted by Gasteiger charge is -2.17. The number of nitrogens with one attached hydrogen (secondary N) is 4. The van der Waals surface area contributed by atoms with Crippen molar-refractivity contribution >= 4 is 68.8 Å².